The van der Waals surface area contributed by atoms with E-state index in [0.717, 1.165) is 19.3 Å². The number of ether oxygens (including phenoxy) is 1. The van der Waals surface area contributed by atoms with Crippen molar-refractivity contribution < 1.29 is 14.3 Å². The molecule has 3 rings (SSSR count). The van der Waals surface area contributed by atoms with Gasteiger partial charge in [0.05, 0.1) is 18.2 Å². The highest BCUT2D eigenvalue weighted by molar-refractivity contribution is 5.96. The predicted molar refractivity (Wildman–Crippen MR) is 105 cm³/mol. The summed E-state index contributed by atoms with van der Waals surface area (Å²) in [6.07, 6.45) is 16.7. The van der Waals surface area contributed by atoms with Crippen molar-refractivity contribution in [2.75, 3.05) is 6.61 Å². The van der Waals surface area contributed by atoms with Crippen molar-refractivity contribution in [3.8, 4) is 0 Å². The molecule has 1 aliphatic heterocycles. The molecule has 0 fully saturated rings. The van der Waals surface area contributed by atoms with Gasteiger partial charge < -0.3 is 4.74 Å². The average Bonchev–Trinajstić information content (AvgIpc) is 3.38. The van der Waals surface area contributed by atoms with E-state index in [4.69, 9.17) is 4.74 Å². The Balaban J connectivity index is 1.53. The number of amides is 1. The Morgan fingerprint density at radius 2 is 2.04 bits per heavy atom. The molecule has 5 nitrogen and oxygen atoms in total. The summed E-state index contributed by atoms with van der Waals surface area (Å²) in [5, 5.41) is 1.46. The van der Waals surface area contributed by atoms with Gasteiger partial charge in [0.25, 0.3) is 5.91 Å². The van der Waals surface area contributed by atoms with E-state index in [1.165, 1.54) is 10.6 Å². The van der Waals surface area contributed by atoms with Crippen molar-refractivity contribution in [1.82, 2.24) is 10.4 Å². The summed E-state index contributed by atoms with van der Waals surface area (Å²) in [7, 11) is 0. The van der Waals surface area contributed by atoms with Gasteiger partial charge in [0, 0.05) is 11.8 Å². The Morgan fingerprint density at radius 1 is 1.26 bits per heavy atom. The van der Waals surface area contributed by atoms with Crippen LogP contribution in [0, 0.1) is 0 Å². The molecule has 0 saturated carbocycles. The summed E-state index contributed by atoms with van der Waals surface area (Å²) < 4.78 is 5.18. The van der Waals surface area contributed by atoms with Crippen LogP contribution < -0.4 is 5.43 Å². The molecule has 140 valence electrons. The largest absolute Gasteiger partial charge is 0.462 e. The van der Waals surface area contributed by atoms with Crippen molar-refractivity contribution in [2.24, 2.45) is 0 Å². The van der Waals surface area contributed by atoms with E-state index in [1.807, 2.05) is 25.2 Å². The first kappa shape index (κ1) is 18.9. The summed E-state index contributed by atoms with van der Waals surface area (Å²) in [6.45, 7) is 2.46. The van der Waals surface area contributed by atoms with Crippen LogP contribution in [0.1, 0.15) is 46.9 Å². The maximum Gasteiger partial charge on any atom is 0.338 e. The lowest BCUT2D eigenvalue weighted by Crippen LogP contribution is -2.38. The highest BCUT2D eigenvalue weighted by Gasteiger charge is 2.20. The van der Waals surface area contributed by atoms with Crippen LogP contribution in [0.15, 0.2) is 72.5 Å². The maximum absolute atomic E-state index is 12.6. The van der Waals surface area contributed by atoms with Crippen LogP contribution in [-0.2, 0) is 4.74 Å². The van der Waals surface area contributed by atoms with Crippen molar-refractivity contribution in [3.63, 3.8) is 0 Å². The standard InChI is InChI=1S/C22H24N2O3/c1-2-3-16-27-22(26)19-11-9-18(10-12-19)21(25)24-15-14-20(23-24)13-8-17-6-4-5-7-17/h4-6,8-15,20,23H,2-3,7,16H2,1H3. The van der Waals surface area contributed by atoms with E-state index in [9.17, 15) is 9.59 Å². The molecule has 0 bridgehead atoms. The number of nitrogens with zero attached hydrogens (tertiary/aromatic N) is 1. The zero-order chi connectivity index (χ0) is 19.1. The molecule has 1 heterocycles. The van der Waals surface area contributed by atoms with Crippen LogP contribution in [0.5, 0.6) is 0 Å². The van der Waals surface area contributed by atoms with Gasteiger partial charge >= 0.3 is 5.97 Å². The molecule has 1 aromatic carbocycles. The molecule has 1 atom stereocenters. The van der Waals surface area contributed by atoms with Crippen LogP contribution in [0.2, 0.25) is 0 Å². The molecular formula is C22H24N2O3. The number of carbonyl (C=O) groups is 2. The lowest BCUT2D eigenvalue weighted by Gasteiger charge is -2.16. The van der Waals surface area contributed by atoms with Crippen molar-refractivity contribution in [3.05, 3.63) is 83.6 Å². The van der Waals surface area contributed by atoms with Crippen molar-refractivity contribution >= 4 is 11.9 Å². The molecule has 1 aromatic rings. The summed E-state index contributed by atoms with van der Waals surface area (Å²) in [4.78, 5) is 24.5. The normalized spacial score (nSPS) is 18.3. The first-order chi connectivity index (χ1) is 13.2. The Hall–Kier alpha value is -2.92. The van der Waals surface area contributed by atoms with Crippen LogP contribution in [-0.4, -0.2) is 29.5 Å². The van der Waals surface area contributed by atoms with Crippen LogP contribution in [0.3, 0.4) is 0 Å². The van der Waals surface area contributed by atoms with Gasteiger partial charge in [-0.2, -0.15) is 0 Å². The zero-order valence-electron chi connectivity index (χ0n) is 15.4. The van der Waals surface area contributed by atoms with Gasteiger partial charge in [-0.05, 0) is 48.8 Å². The smallest absolute Gasteiger partial charge is 0.338 e. The second-order valence-corrected chi connectivity index (χ2v) is 6.47. The Labute approximate surface area is 159 Å². The number of unbranched alkanes of at least 4 members (excludes halogenated alkanes) is 1. The molecule has 1 aliphatic carbocycles. The summed E-state index contributed by atoms with van der Waals surface area (Å²) >= 11 is 0. The van der Waals surface area contributed by atoms with Gasteiger partial charge in [0.15, 0.2) is 0 Å². The van der Waals surface area contributed by atoms with Gasteiger partial charge in [-0.3, -0.25) is 4.79 Å². The van der Waals surface area contributed by atoms with Crippen LogP contribution in [0.4, 0.5) is 0 Å². The van der Waals surface area contributed by atoms with Gasteiger partial charge in [-0.25, -0.2) is 15.2 Å². The van der Waals surface area contributed by atoms with Crippen molar-refractivity contribution in [2.45, 2.75) is 32.2 Å². The third-order valence-electron chi connectivity index (χ3n) is 4.37. The van der Waals surface area contributed by atoms with E-state index in [2.05, 4.69) is 23.7 Å². The van der Waals surface area contributed by atoms with E-state index >= 15 is 0 Å². The number of allylic oxidation sites excluding steroid dienone is 5. The van der Waals surface area contributed by atoms with E-state index in [1.54, 1.807) is 30.5 Å². The van der Waals surface area contributed by atoms with Crippen LogP contribution >= 0.6 is 0 Å². The lowest BCUT2D eigenvalue weighted by atomic mass is 10.1. The molecule has 1 unspecified atom stereocenters. The molecule has 2 aliphatic rings. The number of nitrogens with one attached hydrogen (secondary N) is 1. The third kappa shape index (κ3) is 5.05. The van der Waals surface area contributed by atoms with E-state index in [0.29, 0.717) is 17.7 Å². The van der Waals surface area contributed by atoms with Gasteiger partial charge in [-0.1, -0.05) is 43.7 Å². The van der Waals surface area contributed by atoms with Gasteiger partial charge in [0.2, 0.25) is 0 Å². The molecule has 0 aromatic heterocycles. The number of hydrogen-bond acceptors (Lipinski definition) is 4. The average molecular weight is 364 g/mol. The molecule has 5 heteroatoms. The summed E-state index contributed by atoms with van der Waals surface area (Å²) in [5.41, 5.74) is 5.33. The highest BCUT2D eigenvalue weighted by Crippen LogP contribution is 2.15. The minimum Gasteiger partial charge on any atom is -0.462 e. The van der Waals surface area contributed by atoms with E-state index in [-0.39, 0.29) is 17.9 Å². The topological polar surface area (TPSA) is 58.6 Å². The number of benzene rings is 1. The number of carbonyl (C=O) groups excluding carboxylic acids is 2. The highest BCUT2D eigenvalue weighted by atomic mass is 16.5. The zero-order valence-corrected chi connectivity index (χ0v) is 15.4. The number of rotatable bonds is 7. The Bertz CT molecular complexity index is 803. The van der Waals surface area contributed by atoms with Crippen LogP contribution in [0.25, 0.3) is 0 Å². The molecular weight excluding hydrogens is 340 g/mol. The third-order valence-corrected chi connectivity index (χ3v) is 4.37. The summed E-state index contributed by atoms with van der Waals surface area (Å²) in [6, 6.07) is 6.51. The Kier molecular flexibility index (Phi) is 6.39. The molecule has 0 radical (unpaired) electrons. The molecule has 0 saturated heterocycles. The first-order valence-corrected chi connectivity index (χ1v) is 9.26. The second-order valence-electron chi connectivity index (χ2n) is 6.47. The van der Waals surface area contributed by atoms with E-state index < -0.39 is 0 Å². The van der Waals surface area contributed by atoms with Gasteiger partial charge in [0.1, 0.15) is 0 Å². The quantitative estimate of drug-likeness (QED) is 0.588. The number of esters is 1. The number of hydrazine groups is 1. The summed E-state index contributed by atoms with van der Waals surface area (Å²) in [5.74, 6) is -0.530. The van der Waals surface area contributed by atoms with Crippen molar-refractivity contribution in [1.29, 1.82) is 0 Å². The maximum atomic E-state index is 12.6. The Morgan fingerprint density at radius 3 is 2.74 bits per heavy atom. The monoisotopic (exact) mass is 364 g/mol. The number of hydrogen-bond donors (Lipinski definition) is 1. The molecule has 1 N–H and O–H groups in total. The fourth-order valence-corrected chi connectivity index (χ4v) is 2.75. The van der Waals surface area contributed by atoms with Gasteiger partial charge in [-0.15, -0.1) is 0 Å². The molecule has 0 spiro atoms. The molecule has 27 heavy (non-hydrogen) atoms. The first-order valence-electron chi connectivity index (χ1n) is 9.26. The molecule has 1 amide bonds. The predicted octanol–water partition coefficient (Wildman–Crippen LogP) is 3.93. The lowest BCUT2D eigenvalue weighted by molar-refractivity contribution is 0.0499. The SMILES string of the molecule is CCCCOC(=O)c1ccc(C(=O)N2C=CC(C=CC3=CC=CC3)N2)cc1. The minimum absolute atomic E-state index is 0.0248. The minimum atomic E-state index is -0.359. The fraction of sp³-hybridized carbons (Fsp3) is 0.273. The fourth-order valence-electron chi connectivity index (χ4n) is 2.75. The second kappa shape index (κ2) is 9.14.